The molecular formula is C21H18F3N5S. The Hall–Kier alpha value is -3.20. The molecule has 2 heterocycles. The van der Waals surface area contributed by atoms with Gasteiger partial charge in [-0.3, -0.25) is 0 Å². The standard InChI is InChI=1S/C21H18F3N5S/c1-11-5-4-6-12(2)16(11)28-20-29-17-18(25-10-26-19(17)30-20)27-15-8-7-14(9-13(15)3)21(22,23)24/h4-10H,1-3H3,(H,28,29)(H,25,26,27). The highest BCUT2D eigenvalue weighted by Gasteiger charge is 2.30. The van der Waals surface area contributed by atoms with Crippen molar-refractivity contribution in [1.82, 2.24) is 15.0 Å². The maximum atomic E-state index is 12.9. The van der Waals surface area contributed by atoms with E-state index in [2.05, 4.69) is 25.6 Å². The van der Waals surface area contributed by atoms with Crippen LogP contribution in [0.3, 0.4) is 0 Å². The van der Waals surface area contributed by atoms with Crippen molar-refractivity contribution in [3.05, 3.63) is 65.0 Å². The molecule has 5 nitrogen and oxygen atoms in total. The number of para-hydroxylation sites is 1. The van der Waals surface area contributed by atoms with Crippen LogP contribution in [0.25, 0.3) is 10.3 Å². The SMILES string of the molecule is Cc1cc(C(F)(F)F)ccc1Nc1ncnc2sc(Nc3c(C)cccc3C)nc12. The van der Waals surface area contributed by atoms with E-state index in [0.717, 1.165) is 28.9 Å². The first-order valence-corrected chi connectivity index (χ1v) is 9.93. The fraction of sp³-hybridized carbons (Fsp3) is 0.190. The minimum Gasteiger partial charge on any atom is -0.338 e. The third kappa shape index (κ3) is 3.93. The van der Waals surface area contributed by atoms with Gasteiger partial charge in [-0.2, -0.15) is 13.2 Å². The Balaban J connectivity index is 1.66. The first-order valence-electron chi connectivity index (χ1n) is 9.12. The third-order valence-electron chi connectivity index (χ3n) is 4.72. The van der Waals surface area contributed by atoms with Crippen LogP contribution in [-0.4, -0.2) is 15.0 Å². The van der Waals surface area contributed by atoms with Crippen molar-refractivity contribution in [3.63, 3.8) is 0 Å². The van der Waals surface area contributed by atoms with Gasteiger partial charge < -0.3 is 10.6 Å². The summed E-state index contributed by atoms with van der Waals surface area (Å²) in [5.41, 5.74) is 4.03. The first-order chi connectivity index (χ1) is 14.2. The number of fused-ring (bicyclic) bond motifs is 1. The van der Waals surface area contributed by atoms with E-state index in [0.29, 0.717) is 32.5 Å². The molecule has 2 N–H and O–H groups in total. The summed E-state index contributed by atoms with van der Waals surface area (Å²) >= 11 is 1.38. The van der Waals surface area contributed by atoms with E-state index in [1.165, 1.54) is 23.7 Å². The summed E-state index contributed by atoms with van der Waals surface area (Å²) in [7, 11) is 0. The van der Waals surface area contributed by atoms with Crippen molar-refractivity contribution in [1.29, 1.82) is 0 Å². The maximum absolute atomic E-state index is 12.9. The zero-order valence-corrected chi connectivity index (χ0v) is 17.2. The number of aromatic nitrogens is 3. The Morgan fingerprint density at radius 3 is 2.30 bits per heavy atom. The van der Waals surface area contributed by atoms with Crippen molar-refractivity contribution in [3.8, 4) is 0 Å². The zero-order chi connectivity index (χ0) is 21.5. The van der Waals surface area contributed by atoms with Gasteiger partial charge in [0.2, 0.25) is 0 Å². The second kappa shape index (κ2) is 7.56. The van der Waals surface area contributed by atoms with Gasteiger partial charge in [-0.1, -0.05) is 29.5 Å². The number of hydrogen-bond donors (Lipinski definition) is 2. The molecule has 0 amide bonds. The summed E-state index contributed by atoms with van der Waals surface area (Å²) < 4.78 is 38.7. The van der Waals surface area contributed by atoms with Crippen molar-refractivity contribution in [2.45, 2.75) is 26.9 Å². The Labute approximate surface area is 175 Å². The van der Waals surface area contributed by atoms with E-state index >= 15 is 0 Å². The number of nitrogens with one attached hydrogen (secondary N) is 2. The summed E-state index contributed by atoms with van der Waals surface area (Å²) in [6.07, 6.45) is -2.97. The van der Waals surface area contributed by atoms with Crippen LogP contribution in [0.4, 0.5) is 35.5 Å². The van der Waals surface area contributed by atoms with Gasteiger partial charge in [0.05, 0.1) is 5.56 Å². The van der Waals surface area contributed by atoms with Gasteiger partial charge in [-0.25, -0.2) is 15.0 Å². The van der Waals surface area contributed by atoms with Crippen molar-refractivity contribution < 1.29 is 13.2 Å². The second-order valence-electron chi connectivity index (χ2n) is 6.94. The van der Waals surface area contributed by atoms with Gasteiger partial charge in [-0.05, 0) is 55.7 Å². The molecule has 4 aromatic rings. The Kier molecular flexibility index (Phi) is 5.07. The molecule has 0 saturated carbocycles. The highest BCUT2D eigenvalue weighted by molar-refractivity contribution is 7.21. The molecule has 2 aromatic carbocycles. The number of hydrogen-bond acceptors (Lipinski definition) is 6. The molecule has 4 rings (SSSR count). The van der Waals surface area contributed by atoms with Crippen LogP contribution in [0.5, 0.6) is 0 Å². The fourth-order valence-corrected chi connectivity index (χ4v) is 3.94. The van der Waals surface area contributed by atoms with Crippen LogP contribution in [0.15, 0.2) is 42.7 Å². The molecule has 2 aromatic heterocycles. The van der Waals surface area contributed by atoms with Gasteiger partial charge in [0.25, 0.3) is 0 Å². The first kappa shape index (κ1) is 20.1. The monoisotopic (exact) mass is 429 g/mol. The fourth-order valence-electron chi connectivity index (χ4n) is 3.13. The van der Waals surface area contributed by atoms with Gasteiger partial charge in [-0.15, -0.1) is 0 Å². The quantitative estimate of drug-likeness (QED) is 0.387. The molecule has 9 heteroatoms. The minimum atomic E-state index is -4.38. The lowest BCUT2D eigenvalue weighted by Crippen LogP contribution is -2.06. The molecule has 154 valence electrons. The van der Waals surface area contributed by atoms with Crippen molar-refractivity contribution in [2.75, 3.05) is 10.6 Å². The Morgan fingerprint density at radius 1 is 0.900 bits per heavy atom. The largest absolute Gasteiger partial charge is 0.416 e. The van der Waals surface area contributed by atoms with Crippen LogP contribution in [0.2, 0.25) is 0 Å². The summed E-state index contributed by atoms with van der Waals surface area (Å²) in [4.78, 5) is 13.8. The second-order valence-corrected chi connectivity index (χ2v) is 7.92. The molecule has 0 aliphatic rings. The molecular weight excluding hydrogens is 411 g/mol. The van der Waals surface area contributed by atoms with Gasteiger partial charge in [0.1, 0.15) is 11.8 Å². The minimum absolute atomic E-state index is 0.439. The number of thiazole rings is 1. The number of nitrogens with zero attached hydrogens (tertiary/aromatic N) is 3. The lowest BCUT2D eigenvalue weighted by Gasteiger charge is -2.12. The van der Waals surface area contributed by atoms with Gasteiger partial charge in [0.15, 0.2) is 15.8 Å². The summed E-state index contributed by atoms with van der Waals surface area (Å²) in [5.74, 6) is 0.439. The van der Waals surface area contributed by atoms with Crippen LogP contribution in [-0.2, 0) is 6.18 Å². The topological polar surface area (TPSA) is 62.7 Å². The average Bonchev–Trinajstić information content (AvgIpc) is 3.09. The highest BCUT2D eigenvalue weighted by atomic mass is 32.1. The zero-order valence-electron chi connectivity index (χ0n) is 16.4. The van der Waals surface area contributed by atoms with Gasteiger partial charge in [0, 0.05) is 11.4 Å². The number of halogens is 3. The molecule has 0 aliphatic carbocycles. The predicted octanol–water partition coefficient (Wildman–Crippen LogP) is 6.52. The molecule has 0 unspecified atom stereocenters. The molecule has 30 heavy (non-hydrogen) atoms. The molecule has 0 spiro atoms. The van der Waals surface area contributed by atoms with Crippen LogP contribution in [0, 0.1) is 20.8 Å². The highest BCUT2D eigenvalue weighted by Crippen LogP contribution is 2.35. The smallest absolute Gasteiger partial charge is 0.338 e. The number of anilines is 4. The lowest BCUT2D eigenvalue weighted by molar-refractivity contribution is -0.137. The van der Waals surface area contributed by atoms with Crippen LogP contribution >= 0.6 is 11.3 Å². The molecule has 0 fully saturated rings. The molecule has 0 atom stereocenters. The summed E-state index contributed by atoms with van der Waals surface area (Å²) in [5, 5.41) is 7.10. The average molecular weight is 429 g/mol. The van der Waals surface area contributed by atoms with E-state index in [1.807, 2.05) is 32.0 Å². The number of rotatable bonds is 4. The normalized spacial score (nSPS) is 11.7. The molecule has 0 radical (unpaired) electrons. The summed E-state index contributed by atoms with van der Waals surface area (Å²) in [6, 6.07) is 9.58. The molecule has 0 bridgehead atoms. The van der Waals surface area contributed by atoms with Crippen LogP contribution in [0.1, 0.15) is 22.3 Å². The Bertz CT molecular complexity index is 1210. The third-order valence-corrected chi connectivity index (χ3v) is 5.59. The van der Waals surface area contributed by atoms with E-state index in [1.54, 1.807) is 6.92 Å². The Morgan fingerprint density at radius 2 is 1.63 bits per heavy atom. The van der Waals surface area contributed by atoms with E-state index in [4.69, 9.17) is 0 Å². The van der Waals surface area contributed by atoms with E-state index in [-0.39, 0.29) is 0 Å². The van der Waals surface area contributed by atoms with Gasteiger partial charge >= 0.3 is 6.18 Å². The lowest BCUT2D eigenvalue weighted by atomic mass is 10.1. The molecule has 0 aliphatic heterocycles. The number of benzene rings is 2. The number of alkyl halides is 3. The van der Waals surface area contributed by atoms with E-state index in [9.17, 15) is 13.2 Å². The van der Waals surface area contributed by atoms with Crippen LogP contribution < -0.4 is 10.6 Å². The van der Waals surface area contributed by atoms with Crippen molar-refractivity contribution >= 4 is 44.0 Å². The van der Waals surface area contributed by atoms with Crippen molar-refractivity contribution in [2.24, 2.45) is 0 Å². The molecule has 0 saturated heterocycles. The summed E-state index contributed by atoms with van der Waals surface area (Å²) in [6.45, 7) is 5.65. The number of aryl methyl sites for hydroxylation is 3. The maximum Gasteiger partial charge on any atom is 0.416 e. The predicted molar refractivity (Wildman–Crippen MR) is 114 cm³/mol. The van der Waals surface area contributed by atoms with E-state index < -0.39 is 11.7 Å².